The molecule has 0 bridgehead atoms. The fourth-order valence-electron chi connectivity index (χ4n) is 3.00. The highest BCUT2D eigenvalue weighted by molar-refractivity contribution is 7.93. The Morgan fingerprint density at radius 2 is 1.93 bits per heavy atom. The Hall–Kier alpha value is -1.68. The molecule has 1 aromatic carbocycles. The van der Waals surface area contributed by atoms with Gasteiger partial charge in [0.05, 0.1) is 30.2 Å². The molecular weight excluding hydrogens is 410 g/mol. The molecule has 0 saturated carbocycles. The topological polar surface area (TPSA) is 88.6 Å². The maximum absolute atomic E-state index is 12.8. The number of amides is 1. The van der Waals surface area contributed by atoms with E-state index in [1.54, 1.807) is 36.3 Å². The average molecular weight is 430 g/mol. The number of nitrogens with one attached hydrogen (secondary N) is 1. The van der Waals surface area contributed by atoms with E-state index in [1.165, 1.54) is 0 Å². The molecule has 0 spiro atoms. The molecule has 7 nitrogen and oxygen atoms in total. The third-order valence-electron chi connectivity index (χ3n) is 4.16. The molecular formula is C17H20ClN3O4S2. The van der Waals surface area contributed by atoms with E-state index in [1.807, 2.05) is 0 Å². The van der Waals surface area contributed by atoms with Crippen LogP contribution in [-0.2, 0) is 26.0 Å². The molecule has 0 unspecified atom stereocenters. The minimum Gasteiger partial charge on any atom is -0.378 e. The number of aryl methyl sites for hydroxylation is 2. The Bertz CT molecular complexity index is 930. The maximum atomic E-state index is 12.8. The van der Waals surface area contributed by atoms with E-state index in [9.17, 15) is 13.2 Å². The van der Waals surface area contributed by atoms with Crippen molar-refractivity contribution < 1.29 is 17.9 Å². The lowest BCUT2D eigenvalue weighted by Gasteiger charge is -2.26. The molecule has 1 aliphatic heterocycles. The Morgan fingerprint density at radius 3 is 2.56 bits per heavy atom. The predicted molar refractivity (Wildman–Crippen MR) is 105 cm³/mol. The van der Waals surface area contributed by atoms with Crippen LogP contribution >= 0.6 is 22.9 Å². The van der Waals surface area contributed by atoms with Gasteiger partial charge in [0, 0.05) is 23.5 Å². The van der Waals surface area contributed by atoms with Gasteiger partial charge in [0.25, 0.3) is 10.0 Å². The van der Waals surface area contributed by atoms with Crippen LogP contribution in [0.15, 0.2) is 22.4 Å². The van der Waals surface area contributed by atoms with E-state index in [0.29, 0.717) is 48.1 Å². The van der Waals surface area contributed by atoms with Gasteiger partial charge in [0.1, 0.15) is 0 Å². The third-order valence-corrected chi connectivity index (χ3v) is 6.96. The van der Waals surface area contributed by atoms with Gasteiger partial charge in [-0.05, 0) is 37.1 Å². The second kappa shape index (κ2) is 8.14. The van der Waals surface area contributed by atoms with Crippen molar-refractivity contribution in [3.8, 4) is 0 Å². The number of rotatable bonds is 5. The Balaban J connectivity index is 1.72. The lowest BCUT2D eigenvalue weighted by molar-refractivity contribution is -0.134. The second-order valence-corrected chi connectivity index (χ2v) is 9.20. The van der Waals surface area contributed by atoms with Gasteiger partial charge in [-0.3, -0.25) is 9.52 Å². The number of carbonyl (C=O) groups is 1. The van der Waals surface area contributed by atoms with Crippen LogP contribution in [0.25, 0.3) is 0 Å². The van der Waals surface area contributed by atoms with Gasteiger partial charge in [0.2, 0.25) is 5.91 Å². The highest BCUT2D eigenvalue weighted by atomic mass is 35.5. The molecule has 27 heavy (non-hydrogen) atoms. The minimum absolute atomic E-state index is 0.0394. The fraction of sp³-hybridized carbons (Fsp3) is 0.412. The van der Waals surface area contributed by atoms with E-state index in [4.69, 9.17) is 16.3 Å². The summed E-state index contributed by atoms with van der Waals surface area (Å²) in [6, 6.07) is 3.22. The number of benzene rings is 1. The van der Waals surface area contributed by atoms with Crippen molar-refractivity contribution >= 4 is 44.0 Å². The number of hydrogen-bond donors (Lipinski definition) is 1. The molecule has 1 amide bonds. The summed E-state index contributed by atoms with van der Waals surface area (Å²) in [4.78, 5) is 18.5. The first kappa shape index (κ1) is 20.1. The molecule has 0 radical (unpaired) electrons. The van der Waals surface area contributed by atoms with Gasteiger partial charge in [-0.15, -0.1) is 11.3 Å². The molecule has 1 saturated heterocycles. The lowest BCUT2D eigenvalue weighted by atomic mass is 10.2. The molecule has 10 heteroatoms. The van der Waals surface area contributed by atoms with Crippen molar-refractivity contribution in [1.82, 2.24) is 9.88 Å². The van der Waals surface area contributed by atoms with Crippen LogP contribution < -0.4 is 4.72 Å². The number of hydrogen-bond acceptors (Lipinski definition) is 6. The van der Waals surface area contributed by atoms with Crippen molar-refractivity contribution in [3.05, 3.63) is 39.4 Å². The maximum Gasteiger partial charge on any atom is 0.264 e. The fourth-order valence-corrected chi connectivity index (χ4v) is 5.75. The van der Waals surface area contributed by atoms with E-state index >= 15 is 0 Å². The number of nitrogens with zero attached hydrogens (tertiary/aromatic N) is 2. The third kappa shape index (κ3) is 4.78. The van der Waals surface area contributed by atoms with Gasteiger partial charge in [-0.1, -0.05) is 11.6 Å². The van der Waals surface area contributed by atoms with Crippen LogP contribution in [0.4, 0.5) is 5.13 Å². The SMILES string of the molecule is Cc1cc(Cl)cc(C)c1S(=O)(=O)Nc1nc(CC(=O)N2CCOCC2)cs1. The molecule has 1 N–H and O–H groups in total. The van der Waals surface area contributed by atoms with Crippen molar-refractivity contribution in [3.63, 3.8) is 0 Å². The molecule has 3 rings (SSSR count). The minimum atomic E-state index is -3.80. The molecule has 0 atom stereocenters. The largest absolute Gasteiger partial charge is 0.378 e. The smallest absolute Gasteiger partial charge is 0.264 e. The predicted octanol–water partition coefficient (Wildman–Crippen LogP) is 2.62. The summed E-state index contributed by atoms with van der Waals surface area (Å²) in [7, 11) is -3.80. The summed E-state index contributed by atoms with van der Waals surface area (Å²) < 4.78 is 33.2. The first-order chi connectivity index (χ1) is 12.8. The monoisotopic (exact) mass is 429 g/mol. The highest BCUT2D eigenvalue weighted by Crippen LogP contribution is 2.27. The molecule has 2 heterocycles. The zero-order valence-electron chi connectivity index (χ0n) is 15.0. The standard InChI is InChI=1S/C17H20ClN3O4S2/c1-11-7-13(18)8-12(2)16(11)27(23,24)20-17-19-14(10-26-17)9-15(22)21-3-5-25-6-4-21/h7-8,10H,3-6,9H2,1-2H3,(H,19,20). The molecule has 146 valence electrons. The summed E-state index contributed by atoms with van der Waals surface area (Å²) in [5, 5.41) is 2.41. The average Bonchev–Trinajstić information content (AvgIpc) is 3.00. The van der Waals surface area contributed by atoms with Crippen LogP contribution in [0, 0.1) is 13.8 Å². The summed E-state index contributed by atoms with van der Waals surface area (Å²) in [5.74, 6) is -0.0394. The molecule has 2 aromatic rings. The van der Waals surface area contributed by atoms with Gasteiger partial charge < -0.3 is 9.64 Å². The van der Waals surface area contributed by atoms with Crippen LogP contribution in [0.2, 0.25) is 5.02 Å². The van der Waals surface area contributed by atoms with Crippen LogP contribution in [0.3, 0.4) is 0 Å². The molecule has 0 aliphatic carbocycles. The van der Waals surface area contributed by atoms with Gasteiger partial charge in [-0.2, -0.15) is 0 Å². The number of morpholine rings is 1. The lowest BCUT2D eigenvalue weighted by Crippen LogP contribution is -2.41. The van der Waals surface area contributed by atoms with Crippen molar-refractivity contribution in [1.29, 1.82) is 0 Å². The quantitative estimate of drug-likeness (QED) is 0.789. The summed E-state index contributed by atoms with van der Waals surface area (Å²) in [5.41, 5.74) is 1.66. The van der Waals surface area contributed by atoms with E-state index in [-0.39, 0.29) is 22.4 Å². The van der Waals surface area contributed by atoms with Crippen LogP contribution in [0.1, 0.15) is 16.8 Å². The van der Waals surface area contributed by atoms with Crippen LogP contribution in [0.5, 0.6) is 0 Å². The van der Waals surface area contributed by atoms with E-state index < -0.39 is 10.0 Å². The van der Waals surface area contributed by atoms with E-state index in [0.717, 1.165) is 11.3 Å². The van der Waals surface area contributed by atoms with Crippen molar-refractivity contribution in [2.45, 2.75) is 25.2 Å². The number of anilines is 1. The first-order valence-electron chi connectivity index (χ1n) is 8.36. The van der Waals surface area contributed by atoms with Crippen molar-refractivity contribution in [2.75, 3.05) is 31.0 Å². The number of ether oxygens (including phenoxy) is 1. The molecule has 1 aromatic heterocycles. The summed E-state index contributed by atoms with van der Waals surface area (Å²) in [6.45, 7) is 5.60. The highest BCUT2D eigenvalue weighted by Gasteiger charge is 2.23. The zero-order chi connectivity index (χ0) is 19.6. The van der Waals surface area contributed by atoms with Gasteiger partial charge in [-0.25, -0.2) is 13.4 Å². The van der Waals surface area contributed by atoms with Gasteiger partial charge >= 0.3 is 0 Å². The van der Waals surface area contributed by atoms with E-state index in [2.05, 4.69) is 9.71 Å². The summed E-state index contributed by atoms with van der Waals surface area (Å²) in [6.07, 6.45) is 0.136. The van der Waals surface area contributed by atoms with Crippen LogP contribution in [-0.4, -0.2) is 50.5 Å². The molecule has 1 aliphatic rings. The Kier molecular flexibility index (Phi) is 6.05. The first-order valence-corrected chi connectivity index (χ1v) is 11.1. The Labute approximate surface area is 167 Å². The normalized spacial score (nSPS) is 15.0. The van der Waals surface area contributed by atoms with Gasteiger partial charge in [0.15, 0.2) is 5.13 Å². The number of thiazole rings is 1. The molecule has 1 fully saturated rings. The Morgan fingerprint density at radius 1 is 1.30 bits per heavy atom. The number of aromatic nitrogens is 1. The second-order valence-electron chi connectivity index (χ2n) is 6.29. The number of halogens is 1. The zero-order valence-corrected chi connectivity index (χ0v) is 17.4. The summed E-state index contributed by atoms with van der Waals surface area (Å²) >= 11 is 7.13. The number of carbonyl (C=O) groups excluding carboxylic acids is 1. The number of sulfonamides is 1. The van der Waals surface area contributed by atoms with Crippen molar-refractivity contribution in [2.24, 2.45) is 0 Å².